The first-order valence-corrected chi connectivity index (χ1v) is 9.04. The molecule has 0 atom stereocenters. The Kier molecular flexibility index (Phi) is 5.79. The molecule has 0 spiro atoms. The second-order valence-corrected chi connectivity index (χ2v) is 7.82. The van der Waals surface area contributed by atoms with Gasteiger partial charge in [0.15, 0.2) is 0 Å². The topological polar surface area (TPSA) is 90.0 Å². The average molecular weight is 377 g/mol. The fraction of sp³-hybridized carbons (Fsp3) is 0.222. The highest BCUT2D eigenvalue weighted by Crippen LogP contribution is 2.21. The normalized spacial score (nSPS) is 11.3. The summed E-state index contributed by atoms with van der Waals surface area (Å²) in [6.45, 7) is 1.68. The average Bonchev–Trinajstić information content (AvgIpc) is 2.61. The maximum absolute atomic E-state index is 12.4. The Balaban J connectivity index is 2.28. The molecule has 0 aliphatic rings. The molecule has 26 heavy (non-hydrogen) atoms. The van der Waals surface area contributed by atoms with Crippen molar-refractivity contribution in [2.45, 2.75) is 11.8 Å². The molecule has 0 saturated carbocycles. The van der Waals surface area contributed by atoms with E-state index in [1.807, 2.05) is 0 Å². The van der Waals surface area contributed by atoms with Crippen molar-refractivity contribution in [3.05, 3.63) is 59.2 Å². The second kappa shape index (κ2) is 7.67. The molecule has 7 nitrogen and oxygen atoms in total. The largest absolute Gasteiger partial charge is 0.465 e. The quantitative estimate of drug-likeness (QED) is 0.586. The standard InChI is InChI=1S/C18H19NO6S/c1-12-5-10-15(26(22,23)19(2)3)11-16(12)18(21)25-14-8-6-13(7-9-14)17(20)24-4/h5-11H,1-4H3. The third-order valence-electron chi connectivity index (χ3n) is 3.69. The van der Waals surface area contributed by atoms with Crippen molar-refractivity contribution >= 4 is 22.0 Å². The number of carbonyl (C=O) groups excluding carboxylic acids is 2. The molecule has 0 bridgehead atoms. The third kappa shape index (κ3) is 4.09. The lowest BCUT2D eigenvalue weighted by molar-refractivity contribution is 0.0600. The van der Waals surface area contributed by atoms with E-state index in [4.69, 9.17) is 4.74 Å². The lowest BCUT2D eigenvalue weighted by atomic mass is 10.1. The maximum atomic E-state index is 12.4. The van der Waals surface area contributed by atoms with Gasteiger partial charge in [-0.15, -0.1) is 0 Å². The van der Waals surface area contributed by atoms with Gasteiger partial charge in [0.05, 0.1) is 23.1 Å². The number of sulfonamides is 1. The molecular weight excluding hydrogens is 358 g/mol. The Morgan fingerprint density at radius 2 is 1.58 bits per heavy atom. The number of methoxy groups -OCH3 is 1. The number of esters is 2. The van der Waals surface area contributed by atoms with Crippen molar-refractivity contribution in [3.8, 4) is 5.75 Å². The van der Waals surface area contributed by atoms with Crippen LogP contribution in [0.2, 0.25) is 0 Å². The summed E-state index contributed by atoms with van der Waals surface area (Å²) in [6.07, 6.45) is 0. The van der Waals surface area contributed by atoms with Gasteiger partial charge in [-0.2, -0.15) is 0 Å². The van der Waals surface area contributed by atoms with Crippen molar-refractivity contribution in [2.75, 3.05) is 21.2 Å². The minimum Gasteiger partial charge on any atom is -0.465 e. The van der Waals surface area contributed by atoms with Crippen LogP contribution >= 0.6 is 0 Å². The van der Waals surface area contributed by atoms with Gasteiger partial charge >= 0.3 is 11.9 Å². The van der Waals surface area contributed by atoms with Crippen LogP contribution in [0.25, 0.3) is 0 Å². The number of hydrogen-bond donors (Lipinski definition) is 0. The number of ether oxygens (including phenoxy) is 2. The summed E-state index contributed by atoms with van der Waals surface area (Å²) in [6, 6.07) is 10.1. The molecule has 0 radical (unpaired) electrons. The van der Waals surface area contributed by atoms with Gasteiger partial charge in [-0.05, 0) is 48.9 Å². The summed E-state index contributed by atoms with van der Waals surface area (Å²) in [5, 5.41) is 0. The third-order valence-corrected chi connectivity index (χ3v) is 5.50. The summed E-state index contributed by atoms with van der Waals surface area (Å²) in [5.74, 6) is -0.965. The van der Waals surface area contributed by atoms with Gasteiger partial charge in [0, 0.05) is 14.1 Å². The highest BCUT2D eigenvalue weighted by Gasteiger charge is 2.21. The molecule has 0 aliphatic heterocycles. The number of hydrogen-bond acceptors (Lipinski definition) is 6. The van der Waals surface area contributed by atoms with Crippen LogP contribution in [0.3, 0.4) is 0 Å². The number of carbonyl (C=O) groups is 2. The molecule has 0 amide bonds. The molecule has 0 aromatic heterocycles. The first-order valence-electron chi connectivity index (χ1n) is 7.60. The van der Waals surface area contributed by atoms with Crippen molar-refractivity contribution in [1.29, 1.82) is 0 Å². The molecule has 8 heteroatoms. The molecule has 0 unspecified atom stereocenters. The predicted octanol–water partition coefficient (Wildman–Crippen LogP) is 2.25. The summed E-state index contributed by atoms with van der Waals surface area (Å²) in [7, 11) is 0.431. The summed E-state index contributed by atoms with van der Waals surface area (Å²) in [5.41, 5.74) is 1.05. The zero-order valence-corrected chi connectivity index (χ0v) is 15.7. The molecule has 2 aromatic rings. The van der Waals surface area contributed by atoms with Crippen LogP contribution in [-0.2, 0) is 14.8 Å². The van der Waals surface area contributed by atoms with E-state index in [2.05, 4.69) is 4.74 Å². The number of nitrogens with zero attached hydrogens (tertiary/aromatic N) is 1. The van der Waals surface area contributed by atoms with Crippen LogP contribution in [0.15, 0.2) is 47.4 Å². The lowest BCUT2D eigenvalue weighted by Gasteiger charge is -2.13. The summed E-state index contributed by atoms with van der Waals surface area (Å²) in [4.78, 5) is 23.8. The monoisotopic (exact) mass is 377 g/mol. The molecule has 2 aromatic carbocycles. The Morgan fingerprint density at radius 3 is 2.12 bits per heavy atom. The van der Waals surface area contributed by atoms with Crippen LogP contribution in [0.1, 0.15) is 26.3 Å². The van der Waals surface area contributed by atoms with Gasteiger partial charge in [0.2, 0.25) is 10.0 Å². The SMILES string of the molecule is COC(=O)c1ccc(OC(=O)c2cc(S(=O)(=O)N(C)C)ccc2C)cc1. The molecule has 0 heterocycles. The Morgan fingerprint density at radius 1 is 0.962 bits per heavy atom. The summed E-state index contributed by atoms with van der Waals surface area (Å²) >= 11 is 0. The van der Waals surface area contributed by atoms with Crippen LogP contribution in [0.4, 0.5) is 0 Å². The van der Waals surface area contributed by atoms with Crippen molar-refractivity contribution in [3.63, 3.8) is 0 Å². The minimum absolute atomic E-state index is 0.00101. The van der Waals surface area contributed by atoms with Gasteiger partial charge in [0.25, 0.3) is 0 Å². The zero-order valence-electron chi connectivity index (χ0n) is 14.8. The van der Waals surface area contributed by atoms with Crippen LogP contribution in [0, 0.1) is 6.92 Å². The van der Waals surface area contributed by atoms with Crippen LogP contribution in [-0.4, -0.2) is 45.9 Å². The van der Waals surface area contributed by atoms with E-state index in [0.717, 1.165) is 4.31 Å². The van der Waals surface area contributed by atoms with Crippen LogP contribution < -0.4 is 4.74 Å². The first-order chi connectivity index (χ1) is 12.2. The van der Waals surface area contributed by atoms with Crippen molar-refractivity contribution < 1.29 is 27.5 Å². The highest BCUT2D eigenvalue weighted by molar-refractivity contribution is 7.89. The van der Waals surface area contributed by atoms with E-state index in [1.165, 1.54) is 57.6 Å². The molecule has 0 fully saturated rings. The molecule has 0 N–H and O–H groups in total. The first kappa shape index (κ1) is 19.6. The van der Waals surface area contributed by atoms with Crippen molar-refractivity contribution in [1.82, 2.24) is 4.31 Å². The Labute approximate surface area is 152 Å². The summed E-state index contributed by atoms with van der Waals surface area (Å²) < 4.78 is 35.4. The number of rotatable bonds is 5. The van der Waals surface area contributed by atoms with E-state index < -0.39 is 22.0 Å². The number of aryl methyl sites for hydroxylation is 1. The lowest BCUT2D eigenvalue weighted by Crippen LogP contribution is -2.23. The maximum Gasteiger partial charge on any atom is 0.343 e. The van der Waals surface area contributed by atoms with E-state index in [9.17, 15) is 18.0 Å². The van der Waals surface area contributed by atoms with Gasteiger partial charge in [-0.3, -0.25) is 0 Å². The molecule has 138 valence electrons. The predicted molar refractivity (Wildman–Crippen MR) is 94.8 cm³/mol. The smallest absolute Gasteiger partial charge is 0.343 e. The fourth-order valence-electron chi connectivity index (χ4n) is 2.13. The van der Waals surface area contributed by atoms with Crippen LogP contribution in [0.5, 0.6) is 5.75 Å². The van der Waals surface area contributed by atoms with Gasteiger partial charge in [0.1, 0.15) is 5.75 Å². The Bertz CT molecular complexity index is 933. The number of benzene rings is 2. The van der Waals surface area contributed by atoms with E-state index in [1.54, 1.807) is 13.0 Å². The van der Waals surface area contributed by atoms with Gasteiger partial charge in [-0.25, -0.2) is 22.3 Å². The zero-order chi connectivity index (χ0) is 19.5. The van der Waals surface area contributed by atoms with E-state index in [-0.39, 0.29) is 16.2 Å². The minimum atomic E-state index is -3.67. The van der Waals surface area contributed by atoms with Crippen molar-refractivity contribution in [2.24, 2.45) is 0 Å². The van der Waals surface area contributed by atoms with Gasteiger partial charge in [-0.1, -0.05) is 6.07 Å². The Hall–Kier alpha value is -2.71. The van der Waals surface area contributed by atoms with Gasteiger partial charge < -0.3 is 9.47 Å². The molecule has 0 saturated heterocycles. The molecule has 2 rings (SSSR count). The fourth-order valence-corrected chi connectivity index (χ4v) is 3.06. The molecular formula is C18H19NO6S. The van der Waals surface area contributed by atoms with E-state index in [0.29, 0.717) is 11.1 Å². The highest BCUT2D eigenvalue weighted by atomic mass is 32.2. The van der Waals surface area contributed by atoms with E-state index >= 15 is 0 Å². The molecule has 0 aliphatic carbocycles. The second-order valence-electron chi connectivity index (χ2n) is 5.67.